The number of fused-ring (bicyclic) bond motifs is 1. The maximum Gasteiger partial charge on any atom is 0.266 e. The van der Waals surface area contributed by atoms with Gasteiger partial charge in [-0.25, -0.2) is 9.88 Å². The second kappa shape index (κ2) is 8.52. The van der Waals surface area contributed by atoms with E-state index in [2.05, 4.69) is 15.2 Å². The largest absolute Gasteiger partial charge is 0.457 e. The van der Waals surface area contributed by atoms with Crippen LogP contribution < -0.4 is 15.4 Å². The van der Waals surface area contributed by atoms with Crippen molar-refractivity contribution in [2.75, 3.05) is 10.6 Å². The highest BCUT2D eigenvalue weighted by Crippen LogP contribution is 2.31. The topological polar surface area (TPSA) is 114 Å². The van der Waals surface area contributed by atoms with Crippen LogP contribution in [0.15, 0.2) is 97.1 Å². The van der Waals surface area contributed by atoms with Crippen molar-refractivity contribution in [1.29, 1.82) is 0 Å². The minimum atomic E-state index is -0.346. The molecule has 36 heavy (non-hydrogen) atoms. The number of aromatic amines is 1. The standard InChI is InChI=1S/C28H19N5O3/c29-19-11-13-21(14-12-19)36-22-8-4-6-18(16-22)26-30-25(31-32-26)17-5-3-7-20(15-17)33-27(34)23-9-1-2-10-24(23)28(33)35/h1-16H,29H2,(H,30,31,32). The first-order valence-electron chi connectivity index (χ1n) is 11.2. The molecule has 4 aromatic carbocycles. The van der Waals surface area contributed by atoms with Gasteiger partial charge in [0.15, 0.2) is 11.6 Å². The third-order valence-electron chi connectivity index (χ3n) is 5.87. The Morgan fingerprint density at radius 1 is 0.722 bits per heavy atom. The van der Waals surface area contributed by atoms with Crippen LogP contribution in [0.5, 0.6) is 11.5 Å². The molecule has 1 aliphatic rings. The van der Waals surface area contributed by atoms with Crippen LogP contribution in [0, 0.1) is 0 Å². The third kappa shape index (κ3) is 3.76. The summed E-state index contributed by atoms with van der Waals surface area (Å²) in [5, 5.41) is 7.31. The van der Waals surface area contributed by atoms with Gasteiger partial charge in [0.05, 0.1) is 16.8 Å². The first-order valence-corrected chi connectivity index (χ1v) is 11.2. The smallest absolute Gasteiger partial charge is 0.266 e. The highest BCUT2D eigenvalue weighted by atomic mass is 16.5. The predicted octanol–water partition coefficient (Wildman–Crippen LogP) is 5.31. The molecule has 174 valence electrons. The molecule has 2 amide bonds. The SMILES string of the molecule is Nc1ccc(Oc2cccc(-c3nc(-c4cccc(N5C(=O)c6ccccc6C5=O)c4)n[nH]3)c2)cc1. The highest BCUT2D eigenvalue weighted by Gasteiger charge is 2.36. The van der Waals surface area contributed by atoms with Crippen LogP contribution in [0.2, 0.25) is 0 Å². The summed E-state index contributed by atoms with van der Waals surface area (Å²) in [4.78, 5) is 31.6. The number of hydrogen-bond acceptors (Lipinski definition) is 6. The highest BCUT2D eigenvalue weighted by molar-refractivity contribution is 6.34. The fourth-order valence-corrected chi connectivity index (χ4v) is 4.11. The molecule has 1 aromatic heterocycles. The normalized spacial score (nSPS) is 12.6. The molecule has 0 unspecified atom stereocenters. The number of carbonyl (C=O) groups is 2. The van der Waals surface area contributed by atoms with E-state index in [4.69, 9.17) is 10.5 Å². The van der Waals surface area contributed by atoms with Gasteiger partial charge in [0, 0.05) is 16.8 Å². The third-order valence-corrected chi connectivity index (χ3v) is 5.87. The summed E-state index contributed by atoms with van der Waals surface area (Å²) in [6.45, 7) is 0. The first kappa shape index (κ1) is 21.3. The van der Waals surface area contributed by atoms with Crippen LogP contribution in [-0.4, -0.2) is 27.0 Å². The van der Waals surface area contributed by atoms with Gasteiger partial charge in [0.1, 0.15) is 11.5 Å². The number of rotatable bonds is 5. The van der Waals surface area contributed by atoms with Crippen LogP contribution >= 0.6 is 0 Å². The monoisotopic (exact) mass is 473 g/mol. The van der Waals surface area contributed by atoms with Crippen LogP contribution in [0.3, 0.4) is 0 Å². The Balaban J connectivity index is 1.27. The van der Waals surface area contributed by atoms with Crippen molar-refractivity contribution in [3.8, 4) is 34.3 Å². The molecule has 0 aliphatic carbocycles. The van der Waals surface area contributed by atoms with Crippen LogP contribution in [0.4, 0.5) is 11.4 Å². The number of ether oxygens (including phenoxy) is 1. The molecule has 6 rings (SSSR count). The molecular formula is C28H19N5O3. The second-order valence-corrected chi connectivity index (χ2v) is 8.25. The second-order valence-electron chi connectivity index (χ2n) is 8.25. The Kier molecular flexibility index (Phi) is 5.04. The zero-order valence-electron chi connectivity index (χ0n) is 18.9. The van der Waals surface area contributed by atoms with E-state index in [9.17, 15) is 9.59 Å². The van der Waals surface area contributed by atoms with E-state index in [0.29, 0.717) is 51.2 Å². The molecule has 0 radical (unpaired) electrons. The molecule has 3 N–H and O–H groups in total. The van der Waals surface area contributed by atoms with Gasteiger partial charge in [-0.15, -0.1) is 0 Å². The van der Waals surface area contributed by atoms with Crippen molar-refractivity contribution in [2.24, 2.45) is 0 Å². The van der Waals surface area contributed by atoms with Gasteiger partial charge in [-0.2, -0.15) is 5.10 Å². The molecule has 8 heteroatoms. The van der Waals surface area contributed by atoms with Crippen molar-refractivity contribution >= 4 is 23.2 Å². The van der Waals surface area contributed by atoms with E-state index in [1.54, 1.807) is 66.7 Å². The van der Waals surface area contributed by atoms with Gasteiger partial charge in [-0.1, -0.05) is 36.4 Å². The number of imide groups is 1. The lowest BCUT2D eigenvalue weighted by atomic mass is 10.1. The van der Waals surface area contributed by atoms with Crippen molar-refractivity contribution < 1.29 is 14.3 Å². The number of amides is 2. The summed E-state index contributed by atoms with van der Waals surface area (Å²) in [6.07, 6.45) is 0. The van der Waals surface area contributed by atoms with Crippen LogP contribution in [0.25, 0.3) is 22.8 Å². The number of carbonyl (C=O) groups excluding carboxylic acids is 2. The lowest BCUT2D eigenvalue weighted by molar-refractivity contribution is 0.0926. The molecule has 8 nitrogen and oxygen atoms in total. The lowest BCUT2D eigenvalue weighted by Crippen LogP contribution is -2.29. The predicted molar refractivity (Wildman–Crippen MR) is 136 cm³/mol. The van der Waals surface area contributed by atoms with Gasteiger partial charge in [-0.05, 0) is 60.7 Å². The zero-order chi connectivity index (χ0) is 24.6. The van der Waals surface area contributed by atoms with Gasteiger partial charge in [-0.3, -0.25) is 14.7 Å². The number of benzene rings is 4. The Bertz CT molecular complexity index is 1590. The Labute approximate surface area is 206 Å². The quantitative estimate of drug-likeness (QED) is 0.264. The number of nitrogens with zero attached hydrogens (tertiary/aromatic N) is 3. The molecule has 0 saturated heterocycles. The average Bonchev–Trinajstić information content (AvgIpc) is 3.50. The van der Waals surface area contributed by atoms with Gasteiger partial charge >= 0.3 is 0 Å². The van der Waals surface area contributed by atoms with E-state index in [-0.39, 0.29) is 11.8 Å². The number of hydrogen-bond donors (Lipinski definition) is 2. The van der Waals surface area contributed by atoms with E-state index in [1.807, 2.05) is 30.3 Å². The van der Waals surface area contributed by atoms with E-state index >= 15 is 0 Å². The lowest BCUT2D eigenvalue weighted by Gasteiger charge is -2.14. The summed E-state index contributed by atoms with van der Waals surface area (Å²) in [5.74, 6) is 1.61. The maximum absolute atomic E-state index is 12.9. The molecule has 5 aromatic rings. The summed E-state index contributed by atoms with van der Waals surface area (Å²) in [7, 11) is 0. The number of nitrogens with two attached hydrogens (primary N) is 1. The summed E-state index contributed by atoms with van der Waals surface area (Å²) in [5.41, 5.74) is 9.12. The maximum atomic E-state index is 12.9. The average molecular weight is 473 g/mol. The van der Waals surface area contributed by atoms with Crippen molar-refractivity contribution in [3.05, 3.63) is 108 Å². The molecule has 0 saturated carbocycles. The number of nitrogens with one attached hydrogen (secondary N) is 1. The van der Waals surface area contributed by atoms with Crippen molar-refractivity contribution in [1.82, 2.24) is 15.2 Å². The number of H-pyrrole nitrogens is 1. The molecule has 0 bridgehead atoms. The van der Waals surface area contributed by atoms with E-state index < -0.39 is 0 Å². The molecule has 0 spiro atoms. The number of aromatic nitrogens is 3. The Morgan fingerprint density at radius 3 is 2.17 bits per heavy atom. The minimum absolute atomic E-state index is 0.346. The summed E-state index contributed by atoms with van der Waals surface area (Å²) in [6, 6.07) is 28.5. The molecular weight excluding hydrogens is 454 g/mol. The van der Waals surface area contributed by atoms with Crippen molar-refractivity contribution in [3.63, 3.8) is 0 Å². The molecule has 0 atom stereocenters. The van der Waals surface area contributed by atoms with Crippen LogP contribution in [0.1, 0.15) is 20.7 Å². The minimum Gasteiger partial charge on any atom is -0.457 e. The number of anilines is 2. The number of nitrogen functional groups attached to an aromatic ring is 1. The zero-order valence-corrected chi connectivity index (χ0v) is 18.9. The first-order chi connectivity index (χ1) is 17.6. The molecule has 0 fully saturated rings. The Hall–Kier alpha value is -5.24. The van der Waals surface area contributed by atoms with Gasteiger partial charge < -0.3 is 10.5 Å². The van der Waals surface area contributed by atoms with E-state index in [1.165, 1.54) is 4.90 Å². The van der Waals surface area contributed by atoms with Crippen LogP contribution in [-0.2, 0) is 0 Å². The van der Waals surface area contributed by atoms with Crippen molar-refractivity contribution in [2.45, 2.75) is 0 Å². The fraction of sp³-hybridized carbons (Fsp3) is 0. The molecule has 2 heterocycles. The van der Waals surface area contributed by atoms with Gasteiger partial charge in [0.25, 0.3) is 11.8 Å². The summed E-state index contributed by atoms with van der Waals surface area (Å²) < 4.78 is 5.92. The molecule has 1 aliphatic heterocycles. The van der Waals surface area contributed by atoms with Gasteiger partial charge in [0.2, 0.25) is 0 Å². The Morgan fingerprint density at radius 2 is 1.42 bits per heavy atom. The summed E-state index contributed by atoms with van der Waals surface area (Å²) >= 11 is 0. The van der Waals surface area contributed by atoms with E-state index in [0.717, 1.165) is 5.56 Å². The fourth-order valence-electron chi connectivity index (χ4n) is 4.11.